The van der Waals surface area contributed by atoms with Crippen LogP contribution in [0.2, 0.25) is 5.02 Å². The molecule has 0 unspecified atom stereocenters. The number of hydrogen-bond acceptors (Lipinski definition) is 2. The lowest BCUT2D eigenvalue weighted by molar-refractivity contribution is 0.321. The number of hydrogen-bond donors (Lipinski definition) is 0. The maximum atomic E-state index is 8.82. The molecule has 0 saturated heterocycles. The minimum Gasteiger partial charge on any atom is -0.493 e. The lowest BCUT2D eigenvalue weighted by atomic mass is 10.0. The molecule has 0 bridgehead atoms. The topological polar surface area (TPSA) is 33.0 Å². The SMILES string of the molecule is Cc1cccc(C)c1CCOc1ccc(C#N)c(Cl)c1. The Hall–Kier alpha value is -1.98. The highest BCUT2D eigenvalue weighted by Gasteiger charge is 2.04. The van der Waals surface area contributed by atoms with Crippen molar-refractivity contribution >= 4 is 11.6 Å². The second-order valence-corrected chi connectivity index (χ2v) is 5.13. The smallest absolute Gasteiger partial charge is 0.120 e. The zero-order chi connectivity index (χ0) is 14.5. The summed E-state index contributed by atoms with van der Waals surface area (Å²) in [4.78, 5) is 0. The normalized spacial score (nSPS) is 10.1. The maximum Gasteiger partial charge on any atom is 0.120 e. The van der Waals surface area contributed by atoms with Gasteiger partial charge in [0.25, 0.3) is 0 Å². The Kier molecular flexibility index (Phi) is 4.65. The fourth-order valence-electron chi connectivity index (χ4n) is 2.19. The van der Waals surface area contributed by atoms with Crippen molar-refractivity contribution in [3.8, 4) is 11.8 Å². The first-order valence-corrected chi connectivity index (χ1v) is 6.87. The van der Waals surface area contributed by atoms with Crippen molar-refractivity contribution in [1.82, 2.24) is 0 Å². The highest BCUT2D eigenvalue weighted by molar-refractivity contribution is 6.31. The van der Waals surface area contributed by atoms with Crippen LogP contribution >= 0.6 is 11.6 Å². The lowest BCUT2D eigenvalue weighted by Crippen LogP contribution is -2.04. The minimum absolute atomic E-state index is 0.428. The van der Waals surface area contributed by atoms with Gasteiger partial charge in [0.05, 0.1) is 17.2 Å². The number of ether oxygens (including phenoxy) is 1. The molecule has 0 aliphatic carbocycles. The molecule has 0 heterocycles. The van der Waals surface area contributed by atoms with E-state index < -0.39 is 0 Å². The van der Waals surface area contributed by atoms with Gasteiger partial charge in [-0.2, -0.15) is 5.26 Å². The quantitative estimate of drug-likeness (QED) is 0.831. The number of aryl methyl sites for hydroxylation is 2. The summed E-state index contributed by atoms with van der Waals surface area (Å²) in [6.45, 7) is 4.82. The van der Waals surface area contributed by atoms with E-state index in [0.717, 1.165) is 6.42 Å². The van der Waals surface area contributed by atoms with Crippen LogP contribution in [0.3, 0.4) is 0 Å². The van der Waals surface area contributed by atoms with Gasteiger partial charge >= 0.3 is 0 Å². The number of rotatable bonds is 4. The Morgan fingerprint density at radius 2 is 1.85 bits per heavy atom. The van der Waals surface area contributed by atoms with E-state index >= 15 is 0 Å². The van der Waals surface area contributed by atoms with Crippen LogP contribution in [0.5, 0.6) is 5.75 Å². The van der Waals surface area contributed by atoms with E-state index in [9.17, 15) is 0 Å². The molecule has 0 amide bonds. The standard InChI is InChI=1S/C17H16ClNO/c1-12-4-3-5-13(2)16(12)8-9-20-15-7-6-14(11-19)17(18)10-15/h3-7,10H,8-9H2,1-2H3. The van der Waals surface area contributed by atoms with Crippen molar-refractivity contribution in [1.29, 1.82) is 5.26 Å². The van der Waals surface area contributed by atoms with Gasteiger partial charge in [-0.3, -0.25) is 0 Å². The third-order valence-corrected chi connectivity index (χ3v) is 3.64. The first-order valence-electron chi connectivity index (χ1n) is 6.49. The Bertz CT molecular complexity index is 638. The predicted molar refractivity (Wildman–Crippen MR) is 81.3 cm³/mol. The second-order valence-electron chi connectivity index (χ2n) is 4.72. The molecule has 0 N–H and O–H groups in total. The molecule has 102 valence electrons. The summed E-state index contributed by atoms with van der Waals surface area (Å²) < 4.78 is 5.71. The highest BCUT2D eigenvalue weighted by atomic mass is 35.5. The molecule has 3 heteroatoms. The molecule has 2 aromatic rings. The molecule has 0 aliphatic heterocycles. The van der Waals surface area contributed by atoms with Crippen LogP contribution in [0.25, 0.3) is 0 Å². The van der Waals surface area contributed by atoms with Crippen LogP contribution in [0.15, 0.2) is 36.4 Å². The van der Waals surface area contributed by atoms with E-state index in [-0.39, 0.29) is 0 Å². The van der Waals surface area contributed by atoms with Crippen LogP contribution < -0.4 is 4.74 Å². The Balaban J connectivity index is 2.00. The Morgan fingerprint density at radius 1 is 1.15 bits per heavy atom. The van der Waals surface area contributed by atoms with Gasteiger partial charge in [-0.1, -0.05) is 29.8 Å². The van der Waals surface area contributed by atoms with Gasteiger partial charge in [-0.15, -0.1) is 0 Å². The van der Waals surface area contributed by atoms with E-state index in [1.165, 1.54) is 16.7 Å². The van der Waals surface area contributed by atoms with Crippen LogP contribution in [0, 0.1) is 25.2 Å². The maximum absolute atomic E-state index is 8.82. The van der Waals surface area contributed by atoms with Crippen LogP contribution in [-0.4, -0.2) is 6.61 Å². The third kappa shape index (κ3) is 3.31. The number of benzene rings is 2. The summed E-state index contributed by atoms with van der Waals surface area (Å²) in [6.07, 6.45) is 0.857. The van der Waals surface area contributed by atoms with Gasteiger partial charge in [-0.25, -0.2) is 0 Å². The molecule has 0 aromatic heterocycles. The zero-order valence-electron chi connectivity index (χ0n) is 11.6. The molecule has 20 heavy (non-hydrogen) atoms. The number of nitriles is 1. The van der Waals surface area contributed by atoms with E-state index in [2.05, 4.69) is 32.0 Å². The molecule has 0 spiro atoms. The van der Waals surface area contributed by atoms with E-state index in [1.54, 1.807) is 18.2 Å². The molecular weight excluding hydrogens is 270 g/mol. The molecule has 2 aromatic carbocycles. The summed E-state index contributed by atoms with van der Waals surface area (Å²) in [5, 5.41) is 9.25. The van der Waals surface area contributed by atoms with Gasteiger partial charge in [0.1, 0.15) is 11.8 Å². The predicted octanol–water partition coefficient (Wildman–Crippen LogP) is 4.45. The fraction of sp³-hybridized carbons (Fsp3) is 0.235. The molecule has 0 saturated carbocycles. The summed E-state index contributed by atoms with van der Waals surface area (Å²) in [7, 11) is 0. The summed E-state index contributed by atoms with van der Waals surface area (Å²) >= 11 is 5.97. The molecule has 0 radical (unpaired) electrons. The number of halogens is 1. The molecule has 0 atom stereocenters. The summed E-state index contributed by atoms with van der Waals surface area (Å²) in [6, 6.07) is 13.5. The first kappa shape index (κ1) is 14.4. The average Bonchev–Trinajstić information content (AvgIpc) is 2.42. The van der Waals surface area contributed by atoms with Crippen molar-refractivity contribution < 1.29 is 4.74 Å². The Labute approximate surface area is 124 Å². The van der Waals surface area contributed by atoms with Crippen molar-refractivity contribution in [3.05, 3.63) is 63.7 Å². The van der Waals surface area contributed by atoms with Gasteiger partial charge in [0, 0.05) is 12.5 Å². The fourth-order valence-corrected chi connectivity index (χ4v) is 2.40. The van der Waals surface area contributed by atoms with Crippen molar-refractivity contribution in [3.63, 3.8) is 0 Å². The first-order chi connectivity index (χ1) is 9.61. The lowest BCUT2D eigenvalue weighted by Gasteiger charge is -2.11. The van der Waals surface area contributed by atoms with Gasteiger partial charge in [0.2, 0.25) is 0 Å². The van der Waals surface area contributed by atoms with Crippen molar-refractivity contribution in [2.45, 2.75) is 20.3 Å². The molecule has 2 nitrogen and oxygen atoms in total. The van der Waals surface area contributed by atoms with E-state index in [1.807, 2.05) is 6.07 Å². The van der Waals surface area contributed by atoms with Crippen LogP contribution in [-0.2, 0) is 6.42 Å². The highest BCUT2D eigenvalue weighted by Crippen LogP contribution is 2.22. The Morgan fingerprint density at radius 3 is 2.45 bits per heavy atom. The van der Waals surface area contributed by atoms with Gasteiger partial charge in [0.15, 0.2) is 0 Å². The molecule has 0 aliphatic rings. The minimum atomic E-state index is 0.428. The molecular formula is C17H16ClNO. The van der Waals surface area contributed by atoms with E-state index in [4.69, 9.17) is 21.6 Å². The van der Waals surface area contributed by atoms with Gasteiger partial charge < -0.3 is 4.74 Å². The number of nitrogens with zero attached hydrogens (tertiary/aromatic N) is 1. The molecule has 0 fully saturated rings. The van der Waals surface area contributed by atoms with Crippen molar-refractivity contribution in [2.75, 3.05) is 6.61 Å². The summed E-state index contributed by atoms with van der Waals surface area (Å²) in [5.41, 5.74) is 4.36. The second kappa shape index (κ2) is 6.45. The van der Waals surface area contributed by atoms with Crippen LogP contribution in [0.4, 0.5) is 0 Å². The average molecular weight is 286 g/mol. The third-order valence-electron chi connectivity index (χ3n) is 3.33. The zero-order valence-corrected chi connectivity index (χ0v) is 12.4. The largest absolute Gasteiger partial charge is 0.493 e. The summed E-state index contributed by atoms with van der Waals surface area (Å²) in [5.74, 6) is 0.695. The van der Waals surface area contributed by atoms with Crippen molar-refractivity contribution in [2.24, 2.45) is 0 Å². The van der Waals surface area contributed by atoms with Gasteiger partial charge in [-0.05, 0) is 42.7 Å². The van der Waals surface area contributed by atoms with Crippen LogP contribution in [0.1, 0.15) is 22.3 Å². The monoisotopic (exact) mass is 285 g/mol. The van der Waals surface area contributed by atoms with E-state index in [0.29, 0.717) is 22.9 Å². The molecule has 2 rings (SSSR count).